The number of alkyl halides is 3. The number of nitrogens with zero attached hydrogens (tertiary/aromatic N) is 3. The number of benzene rings is 1. The summed E-state index contributed by atoms with van der Waals surface area (Å²) in [6.45, 7) is 1.50. The van der Waals surface area contributed by atoms with E-state index in [0.29, 0.717) is 0 Å². The van der Waals surface area contributed by atoms with Crippen LogP contribution in [0.5, 0.6) is 0 Å². The molecule has 7 nitrogen and oxygen atoms in total. The van der Waals surface area contributed by atoms with Crippen LogP contribution >= 0.6 is 0 Å². The molecule has 1 N–H and O–H groups in total. The van der Waals surface area contributed by atoms with Crippen molar-refractivity contribution in [3.63, 3.8) is 0 Å². The molecule has 0 radical (unpaired) electrons. The maximum Gasteiger partial charge on any atom is 0.416 e. The third-order valence-corrected chi connectivity index (χ3v) is 6.04. The first kappa shape index (κ1) is 23.1. The smallest absolute Gasteiger partial charge is 0.416 e. The molecule has 0 spiro atoms. The number of carbonyl (C=O) groups is 1. The number of aromatic nitrogens is 2. The molecule has 1 amide bonds. The van der Waals surface area contributed by atoms with Gasteiger partial charge in [0.05, 0.1) is 17.5 Å². The molecule has 2 aromatic heterocycles. The van der Waals surface area contributed by atoms with Gasteiger partial charge in [0.1, 0.15) is 17.3 Å². The summed E-state index contributed by atoms with van der Waals surface area (Å²) in [7, 11) is 1.23. The molecule has 1 aromatic carbocycles. The summed E-state index contributed by atoms with van der Waals surface area (Å²) in [5.74, 6) is -0.873. The van der Waals surface area contributed by atoms with Crippen LogP contribution in [0.1, 0.15) is 27.3 Å². The number of rotatable bonds is 4. The fraction of sp³-hybridized carbons (Fsp3) is 0.143. The first-order chi connectivity index (χ1) is 15.0. The van der Waals surface area contributed by atoms with Crippen molar-refractivity contribution in [1.82, 2.24) is 9.97 Å². The highest BCUT2D eigenvalue weighted by Crippen LogP contribution is 2.31. The molecule has 0 saturated heterocycles. The van der Waals surface area contributed by atoms with Crippen molar-refractivity contribution in [2.45, 2.75) is 22.9 Å². The average molecular weight is 460 g/mol. The fourth-order valence-corrected chi connectivity index (χ4v) is 3.98. The van der Waals surface area contributed by atoms with E-state index in [2.05, 4.69) is 9.97 Å². The molecule has 0 saturated carbocycles. The lowest BCUT2D eigenvalue weighted by atomic mass is 10.1. The minimum atomic E-state index is -4.60. The molecule has 3 aromatic rings. The Bertz CT molecular complexity index is 1270. The topological polar surface area (TPSA) is 113 Å². The van der Waals surface area contributed by atoms with Gasteiger partial charge in [-0.3, -0.25) is 9.59 Å². The summed E-state index contributed by atoms with van der Waals surface area (Å²) in [4.78, 5) is 32.9. The number of pyridine rings is 2. The van der Waals surface area contributed by atoms with Crippen molar-refractivity contribution in [1.29, 1.82) is 5.26 Å². The van der Waals surface area contributed by atoms with E-state index in [9.17, 15) is 27.3 Å². The zero-order chi connectivity index (χ0) is 23.6. The lowest BCUT2D eigenvalue weighted by Crippen LogP contribution is -2.32. The second kappa shape index (κ2) is 8.86. The Morgan fingerprint density at radius 1 is 1.25 bits per heavy atom. The fourth-order valence-electron chi connectivity index (χ4n) is 2.83. The largest absolute Gasteiger partial charge is 0.606 e. The zero-order valence-corrected chi connectivity index (χ0v) is 17.5. The molecule has 1 unspecified atom stereocenters. The van der Waals surface area contributed by atoms with Crippen LogP contribution < -0.4 is 10.5 Å². The Balaban J connectivity index is 1.98. The summed E-state index contributed by atoms with van der Waals surface area (Å²) in [6.07, 6.45) is -3.35. The molecular formula is C21H15F3N4O3S. The number of aromatic amines is 1. The van der Waals surface area contributed by atoms with Gasteiger partial charge in [-0.2, -0.15) is 18.4 Å². The number of H-pyrrole nitrogens is 1. The Kier molecular flexibility index (Phi) is 6.38. The maximum atomic E-state index is 13.0. The van der Waals surface area contributed by atoms with Gasteiger partial charge in [-0.15, -0.1) is 0 Å². The van der Waals surface area contributed by atoms with Gasteiger partial charge in [-0.05, 0) is 37.3 Å². The lowest BCUT2D eigenvalue weighted by molar-refractivity contribution is -0.137. The van der Waals surface area contributed by atoms with E-state index >= 15 is 0 Å². The number of anilines is 1. The van der Waals surface area contributed by atoms with Gasteiger partial charge < -0.3 is 14.4 Å². The van der Waals surface area contributed by atoms with Crippen LogP contribution in [0, 0.1) is 18.3 Å². The highest BCUT2D eigenvalue weighted by Gasteiger charge is 2.31. The Labute approximate surface area is 183 Å². The van der Waals surface area contributed by atoms with Crippen molar-refractivity contribution in [2.75, 3.05) is 11.9 Å². The van der Waals surface area contributed by atoms with E-state index < -0.39 is 34.4 Å². The zero-order valence-electron chi connectivity index (χ0n) is 16.7. The predicted molar refractivity (Wildman–Crippen MR) is 110 cm³/mol. The normalized spacial score (nSPS) is 12.2. The quantitative estimate of drug-likeness (QED) is 0.600. The SMILES string of the molecule is Cc1[nH]c(=O)c(C(=O)N(C)c2cccc(C(F)(F)F)c2)cc1[S+]([O-])c1ccc(C#N)nc1. The summed E-state index contributed by atoms with van der Waals surface area (Å²) in [5.41, 5.74) is -1.80. The van der Waals surface area contributed by atoms with E-state index in [-0.39, 0.29) is 32.4 Å². The number of nitrogens with one attached hydrogen (secondary N) is 1. The number of hydrogen-bond acceptors (Lipinski definition) is 5. The number of amides is 1. The first-order valence-electron chi connectivity index (χ1n) is 9.00. The number of nitriles is 1. The van der Waals surface area contributed by atoms with Gasteiger partial charge in [-0.1, -0.05) is 6.07 Å². The van der Waals surface area contributed by atoms with Crippen LogP contribution in [-0.2, 0) is 17.4 Å². The highest BCUT2D eigenvalue weighted by atomic mass is 32.2. The van der Waals surface area contributed by atoms with Crippen molar-refractivity contribution in [2.24, 2.45) is 0 Å². The minimum absolute atomic E-state index is 0.0660. The number of halogens is 3. The van der Waals surface area contributed by atoms with Gasteiger partial charge >= 0.3 is 6.18 Å². The van der Waals surface area contributed by atoms with Crippen molar-refractivity contribution >= 4 is 22.8 Å². The predicted octanol–water partition coefficient (Wildman–Crippen LogP) is 3.41. The standard InChI is InChI=1S/C21H15F3N4O3S/c1-12-18(32(31)16-7-6-14(10-25)26-11-16)9-17(19(29)27-12)20(30)28(2)15-5-3-4-13(8-15)21(22,23)24/h3-9,11H,1-2H3,(H,27,29). The Morgan fingerprint density at radius 3 is 2.56 bits per heavy atom. The summed E-state index contributed by atoms with van der Waals surface area (Å²) in [5, 5.41) is 8.83. The molecule has 0 fully saturated rings. The Morgan fingerprint density at radius 2 is 1.97 bits per heavy atom. The monoisotopic (exact) mass is 460 g/mol. The number of hydrogen-bond donors (Lipinski definition) is 1. The van der Waals surface area contributed by atoms with Crippen molar-refractivity contribution < 1.29 is 22.5 Å². The summed E-state index contributed by atoms with van der Waals surface area (Å²) >= 11 is -1.84. The molecule has 0 aliphatic carbocycles. The van der Waals surface area contributed by atoms with Gasteiger partial charge in [0, 0.05) is 30.0 Å². The second-order valence-corrected chi connectivity index (χ2v) is 8.12. The third-order valence-electron chi connectivity index (χ3n) is 4.55. The third kappa shape index (κ3) is 4.66. The molecule has 164 valence electrons. The molecule has 0 aliphatic heterocycles. The summed E-state index contributed by atoms with van der Waals surface area (Å²) < 4.78 is 52.0. The molecule has 1 atom stereocenters. The van der Waals surface area contributed by atoms with E-state index in [1.807, 2.05) is 6.07 Å². The molecule has 32 heavy (non-hydrogen) atoms. The van der Waals surface area contributed by atoms with E-state index in [4.69, 9.17) is 5.26 Å². The lowest BCUT2D eigenvalue weighted by Gasteiger charge is -2.19. The first-order valence-corrected chi connectivity index (χ1v) is 10.1. The second-order valence-electron chi connectivity index (χ2n) is 6.67. The summed E-state index contributed by atoms with van der Waals surface area (Å²) in [6, 6.07) is 9.91. The van der Waals surface area contributed by atoms with Crippen LogP contribution in [0.3, 0.4) is 0 Å². The van der Waals surface area contributed by atoms with Crippen molar-refractivity contribution in [3.8, 4) is 6.07 Å². The molecule has 3 rings (SSSR count). The van der Waals surface area contributed by atoms with Crippen LogP contribution in [0.4, 0.5) is 18.9 Å². The van der Waals surface area contributed by atoms with Crippen molar-refractivity contribution in [3.05, 3.63) is 81.5 Å². The van der Waals surface area contributed by atoms with Gasteiger partial charge in [0.2, 0.25) is 0 Å². The molecule has 11 heteroatoms. The molecule has 0 aliphatic rings. The maximum absolute atomic E-state index is 13.0. The minimum Gasteiger partial charge on any atom is -0.606 e. The highest BCUT2D eigenvalue weighted by molar-refractivity contribution is 7.91. The van der Waals surface area contributed by atoms with E-state index in [0.717, 1.165) is 29.2 Å². The van der Waals surface area contributed by atoms with Crippen LogP contribution in [0.15, 0.2) is 63.2 Å². The van der Waals surface area contributed by atoms with Crippen LogP contribution in [-0.4, -0.2) is 27.5 Å². The number of aryl methyl sites for hydroxylation is 1. The molecule has 2 heterocycles. The van der Waals surface area contributed by atoms with Crippen LogP contribution in [0.2, 0.25) is 0 Å². The van der Waals surface area contributed by atoms with E-state index in [1.165, 1.54) is 38.4 Å². The molecule has 0 bridgehead atoms. The number of carbonyl (C=O) groups excluding carboxylic acids is 1. The average Bonchev–Trinajstić information content (AvgIpc) is 2.77. The Hall–Kier alpha value is -3.62. The van der Waals surface area contributed by atoms with E-state index in [1.54, 1.807) is 0 Å². The van der Waals surface area contributed by atoms with Gasteiger partial charge in [0.25, 0.3) is 11.5 Å². The molecular weight excluding hydrogens is 445 g/mol. The van der Waals surface area contributed by atoms with Crippen LogP contribution in [0.25, 0.3) is 0 Å². The van der Waals surface area contributed by atoms with Gasteiger partial charge in [-0.25, -0.2) is 4.98 Å². The van der Waals surface area contributed by atoms with Gasteiger partial charge in [0.15, 0.2) is 9.79 Å².